The van der Waals surface area contributed by atoms with Crippen LogP contribution in [0.15, 0.2) is 48.8 Å². The number of fused-ring (bicyclic) bond motifs is 1. The van der Waals surface area contributed by atoms with E-state index >= 15 is 0 Å². The van der Waals surface area contributed by atoms with Crippen LogP contribution in [0, 0.1) is 11.3 Å². The molecule has 54 heavy (non-hydrogen) atoms. The number of piperazine rings is 1. The van der Waals surface area contributed by atoms with Crippen LogP contribution in [0.2, 0.25) is 5.02 Å². The quantitative estimate of drug-likeness (QED) is 0.216. The fourth-order valence-corrected chi connectivity index (χ4v) is 7.45. The molecule has 1 atom stereocenters. The molecule has 0 radical (unpaired) electrons. The lowest BCUT2D eigenvalue weighted by Crippen LogP contribution is -2.54. The SMILES string of the molecule is N#Cc1ccc(OC2CCC(NC(=O)c3cnc(N4CCN(CCCOc5ccc6c(c5)C(=O)N(C5CCC(=O)NC5=O)C6=O)CC4)nc3)CC2)cc1Cl. The van der Waals surface area contributed by atoms with Gasteiger partial charge >= 0.3 is 0 Å². The summed E-state index contributed by atoms with van der Waals surface area (Å²) in [7, 11) is 0. The molecule has 280 valence electrons. The molecule has 7 rings (SSSR count). The zero-order valence-electron chi connectivity index (χ0n) is 29.5. The van der Waals surface area contributed by atoms with Crippen LogP contribution in [-0.4, -0.2) is 107 Å². The smallest absolute Gasteiger partial charge is 0.262 e. The van der Waals surface area contributed by atoms with Crippen molar-refractivity contribution in [1.29, 1.82) is 5.26 Å². The van der Waals surface area contributed by atoms with E-state index in [1.165, 1.54) is 12.1 Å². The summed E-state index contributed by atoms with van der Waals surface area (Å²) in [6.07, 6.45) is 7.19. The Labute approximate surface area is 316 Å². The lowest BCUT2D eigenvalue weighted by molar-refractivity contribution is -0.136. The first kappa shape index (κ1) is 36.8. The Morgan fingerprint density at radius 1 is 0.926 bits per heavy atom. The number of nitrogens with one attached hydrogen (secondary N) is 2. The van der Waals surface area contributed by atoms with E-state index in [0.717, 1.165) is 69.7 Å². The molecule has 3 fully saturated rings. The molecule has 16 heteroatoms. The summed E-state index contributed by atoms with van der Waals surface area (Å²) in [6.45, 7) is 4.29. The van der Waals surface area contributed by atoms with E-state index in [9.17, 15) is 24.0 Å². The highest BCUT2D eigenvalue weighted by molar-refractivity contribution is 6.31. The summed E-state index contributed by atoms with van der Waals surface area (Å²) in [4.78, 5) is 77.1. The first-order valence-electron chi connectivity index (χ1n) is 18.1. The van der Waals surface area contributed by atoms with Gasteiger partial charge in [-0.2, -0.15) is 5.26 Å². The van der Waals surface area contributed by atoms with Crippen LogP contribution >= 0.6 is 11.6 Å². The number of carbonyl (C=O) groups excluding carboxylic acids is 5. The average Bonchev–Trinajstić information content (AvgIpc) is 3.42. The summed E-state index contributed by atoms with van der Waals surface area (Å²) in [6, 6.07) is 10.8. The molecule has 1 unspecified atom stereocenters. The van der Waals surface area contributed by atoms with Gasteiger partial charge in [0.2, 0.25) is 17.8 Å². The summed E-state index contributed by atoms with van der Waals surface area (Å²) in [5.74, 6) is -0.704. The zero-order valence-corrected chi connectivity index (χ0v) is 30.2. The number of piperidine rings is 1. The molecular formula is C38H39ClN8O7. The topological polar surface area (TPSA) is 187 Å². The van der Waals surface area contributed by atoms with Gasteiger partial charge in [-0.1, -0.05) is 11.6 Å². The third-order valence-corrected chi connectivity index (χ3v) is 10.5. The number of benzene rings is 2. The Hall–Kier alpha value is -5.59. The minimum atomic E-state index is -1.01. The van der Waals surface area contributed by atoms with Gasteiger partial charge in [0.15, 0.2) is 0 Å². The van der Waals surface area contributed by atoms with E-state index in [-0.39, 0.29) is 42.0 Å². The molecule has 1 aliphatic carbocycles. The van der Waals surface area contributed by atoms with Gasteiger partial charge in [0.1, 0.15) is 23.6 Å². The molecule has 3 aliphatic heterocycles. The molecule has 1 aromatic heterocycles. The number of amides is 5. The van der Waals surface area contributed by atoms with Crippen molar-refractivity contribution in [2.24, 2.45) is 0 Å². The second-order valence-electron chi connectivity index (χ2n) is 13.8. The Bertz CT molecular complexity index is 1990. The Morgan fingerprint density at radius 3 is 2.35 bits per heavy atom. The van der Waals surface area contributed by atoms with Crippen molar-refractivity contribution in [2.75, 3.05) is 44.2 Å². The van der Waals surface area contributed by atoms with E-state index in [1.807, 2.05) is 6.07 Å². The van der Waals surface area contributed by atoms with Gasteiger partial charge in [-0.25, -0.2) is 9.97 Å². The molecule has 3 aromatic rings. The minimum Gasteiger partial charge on any atom is -0.494 e. The van der Waals surface area contributed by atoms with Crippen molar-refractivity contribution in [3.05, 3.63) is 76.1 Å². The van der Waals surface area contributed by atoms with Crippen LogP contribution in [0.5, 0.6) is 11.5 Å². The van der Waals surface area contributed by atoms with Crippen LogP contribution in [0.25, 0.3) is 0 Å². The monoisotopic (exact) mass is 754 g/mol. The minimum absolute atomic E-state index is 0.0131. The van der Waals surface area contributed by atoms with E-state index in [0.29, 0.717) is 40.2 Å². The molecule has 2 N–H and O–H groups in total. The molecule has 5 amide bonds. The molecule has 4 aliphatic rings. The summed E-state index contributed by atoms with van der Waals surface area (Å²) in [5, 5.41) is 14.7. The predicted molar refractivity (Wildman–Crippen MR) is 194 cm³/mol. The van der Waals surface area contributed by atoms with Gasteiger partial charge in [0.05, 0.1) is 40.0 Å². The van der Waals surface area contributed by atoms with Gasteiger partial charge in [0.25, 0.3) is 17.7 Å². The third-order valence-electron chi connectivity index (χ3n) is 10.2. The van der Waals surface area contributed by atoms with Crippen molar-refractivity contribution in [3.8, 4) is 17.6 Å². The molecule has 0 bridgehead atoms. The lowest BCUT2D eigenvalue weighted by atomic mass is 9.92. The maximum Gasteiger partial charge on any atom is 0.262 e. The van der Waals surface area contributed by atoms with Gasteiger partial charge in [-0.05, 0) is 68.9 Å². The summed E-state index contributed by atoms with van der Waals surface area (Å²) in [5.41, 5.74) is 1.22. The number of hydrogen-bond donors (Lipinski definition) is 2. The van der Waals surface area contributed by atoms with Crippen molar-refractivity contribution in [1.82, 2.24) is 30.4 Å². The summed E-state index contributed by atoms with van der Waals surface area (Å²) >= 11 is 6.13. The van der Waals surface area contributed by atoms with Crippen LogP contribution < -0.4 is 25.0 Å². The summed E-state index contributed by atoms with van der Waals surface area (Å²) < 4.78 is 12.0. The van der Waals surface area contributed by atoms with Crippen molar-refractivity contribution in [3.63, 3.8) is 0 Å². The highest BCUT2D eigenvalue weighted by Crippen LogP contribution is 2.31. The number of nitriles is 1. The predicted octanol–water partition coefficient (Wildman–Crippen LogP) is 3.11. The van der Waals surface area contributed by atoms with E-state index < -0.39 is 29.7 Å². The number of ether oxygens (including phenoxy) is 2. The third kappa shape index (κ3) is 8.14. The fourth-order valence-electron chi connectivity index (χ4n) is 7.24. The number of hydrogen-bond acceptors (Lipinski definition) is 12. The molecule has 2 aromatic carbocycles. The van der Waals surface area contributed by atoms with E-state index in [4.69, 9.17) is 26.3 Å². The number of halogens is 1. The van der Waals surface area contributed by atoms with Crippen molar-refractivity contribution >= 4 is 47.1 Å². The average molecular weight is 755 g/mol. The molecule has 4 heterocycles. The lowest BCUT2D eigenvalue weighted by Gasteiger charge is -2.34. The van der Waals surface area contributed by atoms with E-state index in [2.05, 4.69) is 30.4 Å². The number of nitrogens with zero attached hydrogens (tertiary/aromatic N) is 6. The zero-order chi connectivity index (χ0) is 37.8. The highest BCUT2D eigenvalue weighted by Gasteiger charge is 2.44. The number of aromatic nitrogens is 2. The first-order chi connectivity index (χ1) is 26.2. The molecule has 1 saturated carbocycles. The van der Waals surface area contributed by atoms with E-state index in [1.54, 1.807) is 36.7 Å². The van der Waals surface area contributed by atoms with Gasteiger partial charge in [-0.15, -0.1) is 0 Å². The highest BCUT2D eigenvalue weighted by atomic mass is 35.5. The molecule has 15 nitrogen and oxygen atoms in total. The number of rotatable bonds is 11. The largest absolute Gasteiger partial charge is 0.494 e. The number of anilines is 1. The van der Waals surface area contributed by atoms with Crippen LogP contribution in [0.1, 0.15) is 81.6 Å². The fraction of sp³-hybridized carbons (Fsp3) is 0.421. The Kier molecular flexibility index (Phi) is 11.0. The second-order valence-corrected chi connectivity index (χ2v) is 14.2. The normalized spacial score (nSPS) is 21.7. The Morgan fingerprint density at radius 2 is 1.65 bits per heavy atom. The molecule has 0 spiro atoms. The van der Waals surface area contributed by atoms with Gasteiger partial charge < -0.3 is 19.7 Å². The van der Waals surface area contributed by atoms with Gasteiger partial charge in [0, 0.05) is 63.6 Å². The maximum absolute atomic E-state index is 13.1. The van der Waals surface area contributed by atoms with Crippen molar-refractivity contribution < 1.29 is 33.4 Å². The number of carbonyl (C=O) groups is 5. The maximum atomic E-state index is 13.1. The molecular weight excluding hydrogens is 716 g/mol. The van der Waals surface area contributed by atoms with Gasteiger partial charge in [-0.3, -0.25) is 39.1 Å². The van der Waals surface area contributed by atoms with Crippen LogP contribution in [0.4, 0.5) is 5.95 Å². The second kappa shape index (κ2) is 16.2. The first-order valence-corrected chi connectivity index (χ1v) is 18.5. The number of imide groups is 2. The van der Waals surface area contributed by atoms with Crippen LogP contribution in [-0.2, 0) is 9.59 Å². The van der Waals surface area contributed by atoms with Crippen LogP contribution in [0.3, 0.4) is 0 Å². The Balaban J connectivity index is 0.802. The molecule has 2 saturated heterocycles. The standard InChI is InChI=1S/C38H39ClN8O7/c39-31-19-28(5-2-23(31)20-40)54-26-6-3-25(4-7-26)43-34(49)24-21-41-38(42-22-24)46-15-13-45(14-16-46)12-1-17-53-27-8-9-29-30(18-27)37(52)47(36(29)51)32-10-11-33(48)44-35(32)50/h2,5,8-9,18-19,21-22,25-26,32H,1,3-4,6-7,10-17H2,(H,43,49)(H,44,48,50). The van der Waals surface area contributed by atoms with Crippen molar-refractivity contribution in [2.45, 2.75) is 63.1 Å².